The minimum absolute atomic E-state index is 0.00814. The van der Waals surface area contributed by atoms with Gasteiger partial charge in [-0.05, 0) is 76.0 Å². The second kappa shape index (κ2) is 11.8. The molecule has 1 fully saturated rings. The molecule has 0 bridgehead atoms. The highest BCUT2D eigenvalue weighted by atomic mass is 35.5. The molecule has 13 heteroatoms. The first-order chi connectivity index (χ1) is 18.1. The van der Waals surface area contributed by atoms with E-state index in [1.54, 1.807) is 13.0 Å². The molecule has 10 nitrogen and oxygen atoms in total. The Morgan fingerprint density at radius 3 is 2.55 bits per heavy atom. The lowest BCUT2D eigenvalue weighted by atomic mass is 9.79. The molecule has 3 aromatic rings. The van der Waals surface area contributed by atoms with Gasteiger partial charge < -0.3 is 14.5 Å². The van der Waals surface area contributed by atoms with Crippen molar-refractivity contribution in [2.45, 2.75) is 49.1 Å². The minimum Gasteiger partial charge on any atom is -0.473 e. The summed E-state index contributed by atoms with van der Waals surface area (Å²) in [4.78, 5) is 29.8. The summed E-state index contributed by atoms with van der Waals surface area (Å²) in [5.74, 6) is 0.390. The van der Waals surface area contributed by atoms with Gasteiger partial charge in [0.05, 0.1) is 5.69 Å². The lowest BCUT2D eigenvalue weighted by Crippen LogP contribution is -2.46. The molecule has 0 radical (unpaired) electrons. The summed E-state index contributed by atoms with van der Waals surface area (Å²) in [6.45, 7) is 1.55. The Morgan fingerprint density at radius 2 is 1.89 bits per heavy atom. The summed E-state index contributed by atoms with van der Waals surface area (Å²) in [6, 6.07) is 9.75. The van der Waals surface area contributed by atoms with Gasteiger partial charge in [0, 0.05) is 34.4 Å². The van der Waals surface area contributed by atoms with Crippen LogP contribution < -0.4 is 9.21 Å². The Hall–Kier alpha value is -2.99. The largest absolute Gasteiger partial charge is 0.473 e. The molecule has 0 saturated heterocycles. The van der Waals surface area contributed by atoms with E-state index in [1.807, 2.05) is 26.2 Å². The highest BCUT2D eigenvalue weighted by Gasteiger charge is 2.36. The quantitative estimate of drug-likeness (QED) is 0.268. The van der Waals surface area contributed by atoms with Crippen molar-refractivity contribution in [1.29, 1.82) is 0 Å². The second-order valence-electron chi connectivity index (χ2n) is 9.10. The van der Waals surface area contributed by atoms with Crippen molar-refractivity contribution in [1.82, 2.24) is 19.9 Å². The number of rotatable bonds is 9. The van der Waals surface area contributed by atoms with Crippen LogP contribution in [0.3, 0.4) is 0 Å². The van der Waals surface area contributed by atoms with Crippen LogP contribution in [0.1, 0.15) is 36.4 Å². The number of halogens is 2. The number of aryl methyl sites for hydroxylation is 1. The van der Waals surface area contributed by atoms with Crippen molar-refractivity contribution in [3.8, 4) is 5.88 Å². The summed E-state index contributed by atoms with van der Waals surface area (Å²) >= 11 is 12.7. The third kappa shape index (κ3) is 6.01. The summed E-state index contributed by atoms with van der Waals surface area (Å²) in [7, 11) is -0.342. The van der Waals surface area contributed by atoms with Crippen molar-refractivity contribution >= 4 is 45.5 Å². The monoisotopic (exact) mass is 579 g/mol. The number of sulfonamides is 1. The molecular weight excluding hydrogens is 553 g/mol. The maximum absolute atomic E-state index is 13.3. The Labute approximate surface area is 231 Å². The molecule has 0 N–H and O–H groups in total. The number of ether oxygens (including phenoxy) is 1. The highest BCUT2D eigenvalue weighted by molar-refractivity contribution is 7.92. The molecule has 4 rings (SSSR count). The van der Waals surface area contributed by atoms with Crippen molar-refractivity contribution in [3.63, 3.8) is 0 Å². The number of aromatic nitrogens is 3. The van der Waals surface area contributed by atoms with Gasteiger partial charge in [0.2, 0.25) is 5.88 Å². The summed E-state index contributed by atoms with van der Waals surface area (Å²) in [5, 5.41) is 1.34. The van der Waals surface area contributed by atoms with Crippen LogP contribution in [0.15, 0.2) is 53.8 Å². The third-order valence-corrected chi connectivity index (χ3v) is 8.76. The fraction of sp³-hybridized carbons (Fsp3) is 0.360. The van der Waals surface area contributed by atoms with E-state index < -0.39 is 10.0 Å². The van der Waals surface area contributed by atoms with E-state index in [1.165, 1.54) is 24.4 Å². The van der Waals surface area contributed by atoms with Crippen LogP contribution in [0.2, 0.25) is 10.0 Å². The van der Waals surface area contributed by atoms with Crippen LogP contribution in [0.4, 0.5) is 5.82 Å². The number of carbonyl (C=O) groups is 1. The second-order valence-corrected chi connectivity index (χ2v) is 11.7. The molecule has 1 aromatic carbocycles. The number of hydrogen-bond acceptors (Lipinski definition) is 9. The average Bonchev–Trinajstić information content (AvgIpc) is 2.89. The lowest BCUT2D eigenvalue weighted by molar-refractivity contribution is -0.128. The number of nitrogens with zero attached hydrogens (tertiary/aromatic N) is 5. The van der Waals surface area contributed by atoms with Gasteiger partial charge in [-0.15, -0.1) is 0 Å². The molecule has 1 saturated carbocycles. The van der Waals surface area contributed by atoms with Gasteiger partial charge in [-0.2, -0.15) is 8.42 Å². The fourth-order valence-electron chi connectivity index (χ4n) is 4.68. The number of benzene rings is 1. The van der Waals surface area contributed by atoms with E-state index in [-0.39, 0.29) is 40.9 Å². The van der Waals surface area contributed by atoms with Crippen LogP contribution in [0, 0.1) is 6.92 Å². The Balaban J connectivity index is 1.54. The molecule has 0 amide bonds. The van der Waals surface area contributed by atoms with Crippen molar-refractivity contribution < 1.29 is 22.8 Å². The third-order valence-electron chi connectivity index (χ3n) is 6.49. The maximum Gasteiger partial charge on any atom is 0.322 e. The standard InChI is InChI=1S/C25H27Cl2N5O5S/c1-16-23(38(34,35)32(36-15-33)24-10-11-28-14-29-24)8-9-25(30-16)37-22-7-4-17(12-21(22)31(2)3)19-13-18(26)5-6-20(19)27/h5-6,8-11,13-15,17,21-22H,4,7,12H2,1-3H3/t17-,21-,22-/m0/s1. The fourth-order valence-corrected chi connectivity index (χ4v) is 6.47. The first-order valence-corrected chi connectivity index (χ1v) is 14.0. The van der Waals surface area contributed by atoms with Gasteiger partial charge in [0.15, 0.2) is 5.82 Å². The molecule has 2 aromatic heterocycles. The van der Waals surface area contributed by atoms with E-state index in [0.717, 1.165) is 31.2 Å². The Morgan fingerprint density at radius 1 is 1.11 bits per heavy atom. The lowest BCUT2D eigenvalue weighted by Gasteiger charge is -2.39. The molecular formula is C25H27Cl2N5O5S. The van der Waals surface area contributed by atoms with Gasteiger partial charge in [0.25, 0.3) is 10.0 Å². The van der Waals surface area contributed by atoms with E-state index in [9.17, 15) is 13.2 Å². The summed E-state index contributed by atoms with van der Waals surface area (Å²) in [5.41, 5.74) is 1.20. The van der Waals surface area contributed by atoms with Crippen LogP contribution in [-0.2, 0) is 19.7 Å². The molecule has 0 aliphatic heterocycles. The van der Waals surface area contributed by atoms with Crippen molar-refractivity contribution in [2.24, 2.45) is 0 Å². The average molecular weight is 580 g/mol. The topological polar surface area (TPSA) is 115 Å². The number of pyridine rings is 1. The zero-order chi connectivity index (χ0) is 27.4. The van der Waals surface area contributed by atoms with Gasteiger partial charge >= 0.3 is 6.47 Å². The van der Waals surface area contributed by atoms with Crippen LogP contribution in [0.5, 0.6) is 5.88 Å². The van der Waals surface area contributed by atoms with E-state index in [2.05, 4.69) is 19.9 Å². The van der Waals surface area contributed by atoms with E-state index >= 15 is 0 Å². The number of carbonyl (C=O) groups excluding carboxylic acids is 1. The zero-order valence-corrected chi connectivity index (χ0v) is 23.3. The zero-order valence-electron chi connectivity index (χ0n) is 21.0. The SMILES string of the molecule is Cc1nc(O[C@H]2CC[C@H](c3cc(Cl)ccc3Cl)C[C@@H]2N(C)C)ccc1S(=O)(=O)N(OC=O)c1ccncn1. The van der Waals surface area contributed by atoms with Crippen LogP contribution >= 0.6 is 23.2 Å². The smallest absolute Gasteiger partial charge is 0.322 e. The maximum atomic E-state index is 13.3. The highest BCUT2D eigenvalue weighted by Crippen LogP contribution is 2.40. The number of anilines is 1. The van der Waals surface area contributed by atoms with Gasteiger partial charge in [-0.25, -0.2) is 15.0 Å². The summed E-state index contributed by atoms with van der Waals surface area (Å²) in [6.07, 6.45) is 4.69. The van der Waals surface area contributed by atoms with E-state index in [0.29, 0.717) is 20.4 Å². The minimum atomic E-state index is -4.33. The molecule has 0 spiro atoms. The normalized spacial score (nSPS) is 19.7. The van der Waals surface area contributed by atoms with Gasteiger partial charge in [-0.1, -0.05) is 27.7 Å². The number of hydrogen-bond donors (Lipinski definition) is 0. The van der Waals surface area contributed by atoms with Gasteiger partial charge in [0.1, 0.15) is 17.3 Å². The van der Waals surface area contributed by atoms with Crippen molar-refractivity contribution in [2.75, 3.05) is 18.6 Å². The molecule has 1 aliphatic carbocycles. The van der Waals surface area contributed by atoms with Crippen molar-refractivity contribution in [3.05, 3.63) is 70.2 Å². The first kappa shape index (κ1) is 28.0. The summed E-state index contributed by atoms with van der Waals surface area (Å²) < 4.78 is 33.3. The molecule has 1 aliphatic rings. The predicted molar refractivity (Wildman–Crippen MR) is 143 cm³/mol. The molecule has 2 heterocycles. The predicted octanol–water partition coefficient (Wildman–Crippen LogP) is 4.42. The molecule has 38 heavy (non-hydrogen) atoms. The molecule has 0 unspecified atom stereocenters. The molecule has 202 valence electrons. The Kier molecular flexibility index (Phi) is 8.71. The van der Waals surface area contributed by atoms with Crippen LogP contribution in [0.25, 0.3) is 0 Å². The number of likely N-dealkylation sites (N-methyl/N-ethyl adjacent to an activating group) is 1. The Bertz CT molecular complexity index is 1390. The van der Waals surface area contributed by atoms with Gasteiger partial charge in [-0.3, -0.25) is 4.79 Å². The van der Waals surface area contributed by atoms with Crippen LogP contribution in [-0.4, -0.2) is 61.0 Å². The first-order valence-electron chi connectivity index (χ1n) is 11.8. The molecule has 3 atom stereocenters. The van der Waals surface area contributed by atoms with E-state index in [4.69, 9.17) is 32.8 Å².